The molecule has 0 bridgehead atoms. The fraction of sp³-hybridized carbons (Fsp3) is 0.444. The smallest absolute Gasteiger partial charge is 0.494 e. The number of aromatic nitrogens is 2. The zero-order valence-corrected chi connectivity index (χ0v) is 16.2. The molecule has 152 valence electrons. The quantitative estimate of drug-likeness (QED) is 0.290. The van der Waals surface area contributed by atoms with E-state index in [0.29, 0.717) is 23.6 Å². The number of carbonyl (C=O) groups is 1. The largest absolute Gasteiger partial charge is 0.515 e. The highest BCUT2D eigenvalue weighted by Crippen LogP contribution is 2.23. The molecule has 10 heteroatoms. The van der Waals surface area contributed by atoms with Gasteiger partial charge in [-0.2, -0.15) is 5.10 Å². The topological polar surface area (TPSA) is 115 Å². The lowest BCUT2D eigenvalue weighted by Gasteiger charge is -2.18. The highest BCUT2D eigenvalue weighted by atomic mass is 16.9. The zero-order chi connectivity index (χ0) is 20.7. The summed E-state index contributed by atoms with van der Waals surface area (Å²) in [5.74, 6) is 0.820. The fourth-order valence-electron chi connectivity index (χ4n) is 2.16. The van der Waals surface area contributed by atoms with E-state index in [9.17, 15) is 14.9 Å². The Balaban J connectivity index is 1.99. The Morgan fingerprint density at radius 2 is 1.89 bits per heavy atom. The van der Waals surface area contributed by atoms with Crippen LogP contribution in [0.5, 0.6) is 11.6 Å². The first-order chi connectivity index (χ1) is 13.1. The van der Waals surface area contributed by atoms with Crippen LogP contribution in [0.25, 0.3) is 5.69 Å². The van der Waals surface area contributed by atoms with Crippen molar-refractivity contribution in [1.82, 2.24) is 9.78 Å². The molecule has 1 aromatic carbocycles. The summed E-state index contributed by atoms with van der Waals surface area (Å²) in [5, 5.41) is 13.6. The predicted molar refractivity (Wildman–Crippen MR) is 98.2 cm³/mol. The third kappa shape index (κ3) is 6.78. The van der Waals surface area contributed by atoms with Gasteiger partial charge in [-0.1, -0.05) is 0 Å². The van der Waals surface area contributed by atoms with E-state index in [1.165, 1.54) is 4.68 Å². The molecular weight excluding hydrogens is 370 g/mol. The van der Waals surface area contributed by atoms with E-state index < -0.39 is 16.8 Å². The van der Waals surface area contributed by atoms with Crippen LogP contribution >= 0.6 is 0 Å². The molecule has 10 nitrogen and oxygen atoms in total. The summed E-state index contributed by atoms with van der Waals surface area (Å²) in [6.07, 6.45) is -0.430. The molecule has 2 rings (SSSR count). The third-order valence-electron chi connectivity index (χ3n) is 3.21. The minimum Gasteiger partial charge on any atom is -0.494 e. The molecule has 0 unspecified atom stereocenters. The molecular formula is C18H23N3O7. The zero-order valence-electron chi connectivity index (χ0n) is 16.2. The van der Waals surface area contributed by atoms with Crippen LogP contribution in [0.15, 0.2) is 30.3 Å². The lowest BCUT2D eigenvalue weighted by molar-refractivity contribution is -0.757. The van der Waals surface area contributed by atoms with Gasteiger partial charge in [-0.3, -0.25) is 0 Å². The van der Waals surface area contributed by atoms with Crippen molar-refractivity contribution in [2.24, 2.45) is 0 Å². The van der Waals surface area contributed by atoms with Gasteiger partial charge in [-0.25, -0.2) is 9.48 Å². The molecule has 0 radical (unpaired) electrons. The van der Waals surface area contributed by atoms with Crippen LogP contribution in [0.3, 0.4) is 0 Å². The van der Waals surface area contributed by atoms with Crippen LogP contribution in [-0.2, 0) is 9.57 Å². The van der Waals surface area contributed by atoms with Crippen LogP contribution in [0.2, 0.25) is 0 Å². The van der Waals surface area contributed by atoms with Crippen molar-refractivity contribution in [3.8, 4) is 17.3 Å². The average molecular weight is 393 g/mol. The standard InChI is InChI=1S/C18H23N3O7/c1-13-12-16(27-17(22)28-18(2,3)4)20(19-13)14-6-8-15(9-7-14)25-10-5-11-26-21(23)24/h6-9,12H,5,10-11H2,1-4H3. The van der Waals surface area contributed by atoms with E-state index >= 15 is 0 Å². The van der Waals surface area contributed by atoms with E-state index in [0.717, 1.165) is 0 Å². The molecule has 28 heavy (non-hydrogen) atoms. The van der Waals surface area contributed by atoms with Gasteiger partial charge >= 0.3 is 6.16 Å². The Bertz CT molecular complexity index is 810. The van der Waals surface area contributed by atoms with Crippen molar-refractivity contribution in [1.29, 1.82) is 0 Å². The highest BCUT2D eigenvalue weighted by Gasteiger charge is 2.20. The summed E-state index contributed by atoms with van der Waals surface area (Å²) in [7, 11) is 0. The third-order valence-corrected chi connectivity index (χ3v) is 3.21. The SMILES string of the molecule is Cc1cc(OC(=O)OC(C)(C)C)n(-c2ccc(OCCCO[N+](=O)[O-])cc2)n1. The Hall–Kier alpha value is -3.30. The molecule has 1 aromatic heterocycles. The number of ether oxygens (including phenoxy) is 3. The summed E-state index contributed by atoms with van der Waals surface area (Å²) in [6, 6.07) is 8.56. The second-order valence-electron chi connectivity index (χ2n) is 6.86. The van der Waals surface area contributed by atoms with Crippen LogP contribution in [0.4, 0.5) is 4.79 Å². The molecule has 2 aromatic rings. The molecule has 0 fully saturated rings. The summed E-state index contributed by atoms with van der Waals surface area (Å²) in [5.41, 5.74) is 0.668. The van der Waals surface area contributed by atoms with E-state index in [-0.39, 0.29) is 19.1 Å². The summed E-state index contributed by atoms with van der Waals surface area (Å²) < 4.78 is 17.4. The number of hydrogen-bond donors (Lipinski definition) is 0. The van der Waals surface area contributed by atoms with Crippen molar-refractivity contribution in [2.45, 2.75) is 39.7 Å². The van der Waals surface area contributed by atoms with E-state index in [1.807, 2.05) is 0 Å². The maximum atomic E-state index is 11.9. The molecule has 0 saturated carbocycles. The van der Waals surface area contributed by atoms with Gasteiger partial charge < -0.3 is 19.0 Å². The van der Waals surface area contributed by atoms with Gasteiger partial charge in [-0.15, -0.1) is 10.1 Å². The highest BCUT2D eigenvalue weighted by molar-refractivity contribution is 5.64. The molecule has 0 aliphatic rings. The molecule has 0 amide bonds. The lowest BCUT2D eigenvalue weighted by Crippen LogP contribution is -2.26. The Morgan fingerprint density at radius 3 is 2.50 bits per heavy atom. The minimum atomic E-state index is -0.836. The molecule has 0 N–H and O–H groups in total. The van der Waals surface area contributed by atoms with Gasteiger partial charge in [0, 0.05) is 12.5 Å². The maximum Gasteiger partial charge on any atom is 0.515 e. The van der Waals surface area contributed by atoms with Gasteiger partial charge in [-0.05, 0) is 52.0 Å². The van der Waals surface area contributed by atoms with Crippen LogP contribution < -0.4 is 9.47 Å². The van der Waals surface area contributed by atoms with Gasteiger partial charge in [0.05, 0.1) is 24.6 Å². The molecule has 0 saturated heterocycles. The Labute approximate surface area is 162 Å². The van der Waals surface area contributed by atoms with Crippen molar-refractivity contribution in [3.05, 3.63) is 46.1 Å². The molecule has 0 atom stereocenters. The van der Waals surface area contributed by atoms with Gasteiger partial charge in [0.15, 0.2) is 0 Å². The van der Waals surface area contributed by atoms with E-state index in [2.05, 4.69) is 9.94 Å². The van der Waals surface area contributed by atoms with E-state index in [4.69, 9.17) is 14.2 Å². The van der Waals surface area contributed by atoms with Crippen LogP contribution in [0.1, 0.15) is 32.9 Å². The number of hydrogen-bond acceptors (Lipinski definition) is 8. The van der Waals surface area contributed by atoms with Crippen molar-refractivity contribution >= 4 is 6.16 Å². The van der Waals surface area contributed by atoms with Crippen LogP contribution in [-0.4, -0.2) is 39.8 Å². The van der Waals surface area contributed by atoms with Gasteiger partial charge in [0.25, 0.3) is 5.09 Å². The molecule has 0 aliphatic carbocycles. The number of carbonyl (C=O) groups excluding carboxylic acids is 1. The Morgan fingerprint density at radius 1 is 1.21 bits per heavy atom. The van der Waals surface area contributed by atoms with E-state index in [1.54, 1.807) is 58.0 Å². The van der Waals surface area contributed by atoms with Crippen molar-refractivity contribution < 1.29 is 28.9 Å². The second-order valence-corrected chi connectivity index (χ2v) is 6.86. The monoisotopic (exact) mass is 393 g/mol. The van der Waals surface area contributed by atoms with Gasteiger partial charge in [0.2, 0.25) is 5.88 Å². The first-order valence-corrected chi connectivity index (χ1v) is 8.62. The summed E-state index contributed by atoms with van der Waals surface area (Å²) >= 11 is 0. The first-order valence-electron chi connectivity index (χ1n) is 8.62. The molecule has 0 spiro atoms. The van der Waals surface area contributed by atoms with Gasteiger partial charge in [0.1, 0.15) is 11.4 Å². The van der Waals surface area contributed by atoms with Crippen molar-refractivity contribution in [3.63, 3.8) is 0 Å². The molecule has 0 aliphatic heterocycles. The summed E-state index contributed by atoms with van der Waals surface area (Å²) in [4.78, 5) is 26.2. The molecule has 1 heterocycles. The van der Waals surface area contributed by atoms with Crippen LogP contribution in [0, 0.1) is 17.0 Å². The summed E-state index contributed by atoms with van der Waals surface area (Å²) in [6.45, 7) is 7.28. The van der Waals surface area contributed by atoms with Crippen molar-refractivity contribution in [2.75, 3.05) is 13.2 Å². The number of benzene rings is 1. The number of rotatable bonds is 8. The minimum absolute atomic E-state index is 0.0248. The number of aryl methyl sites for hydroxylation is 1. The normalized spacial score (nSPS) is 11.0. The first kappa shape index (κ1) is 21.0. The lowest BCUT2D eigenvalue weighted by atomic mass is 10.2. The second kappa shape index (κ2) is 9.07. The Kier molecular flexibility index (Phi) is 6.80. The predicted octanol–water partition coefficient (Wildman–Crippen LogP) is 3.47. The maximum absolute atomic E-state index is 11.9. The number of nitrogens with zero attached hydrogens (tertiary/aromatic N) is 3. The average Bonchev–Trinajstić information content (AvgIpc) is 2.93. The fourth-order valence-corrected chi connectivity index (χ4v) is 2.16.